The fraction of sp³-hybridized carbons (Fsp3) is 0.0714. The van der Waals surface area contributed by atoms with Crippen LogP contribution in [0.1, 0.15) is 15.9 Å². The van der Waals surface area contributed by atoms with Gasteiger partial charge in [0.05, 0.1) is 0 Å². The molecule has 0 radical (unpaired) electrons. The topological polar surface area (TPSA) is 57.5 Å². The first kappa shape index (κ1) is 11.2. The van der Waals surface area contributed by atoms with Crippen LogP contribution < -0.4 is 0 Å². The van der Waals surface area contributed by atoms with Crippen molar-refractivity contribution in [2.24, 2.45) is 0 Å². The standard InChI is InChI=1S/C14H12O3/c15-12-7-4-8-13(16)11(12)9-14(17)10-5-2-1-3-6-10/h1-8,15-16H,9H2. The highest BCUT2D eigenvalue weighted by atomic mass is 16.3. The van der Waals surface area contributed by atoms with Gasteiger partial charge in [0.15, 0.2) is 5.78 Å². The molecular weight excluding hydrogens is 216 g/mol. The molecule has 0 aliphatic carbocycles. The number of carbonyl (C=O) groups is 1. The Labute approximate surface area is 99.0 Å². The predicted molar refractivity (Wildman–Crippen MR) is 64.2 cm³/mol. The van der Waals surface area contributed by atoms with Gasteiger partial charge in [-0.3, -0.25) is 4.79 Å². The van der Waals surface area contributed by atoms with Crippen molar-refractivity contribution < 1.29 is 15.0 Å². The van der Waals surface area contributed by atoms with Crippen LogP contribution in [0, 0.1) is 0 Å². The molecule has 0 unspecified atom stereocenters. The molecule has 0 aliphatic rings. The molecule has 0 atom stereocenters. The Balaban J connectivity index is 2.25. The Kier molecular flexibility index (Phi) is 3.10. The maximum absolute atomic E-state index is 11.9. The first-order chi connectivity index (χ1) is 8.18. The summed E-state index contributed by atoms with van der Waals surface area (Å²) in [6, 6.07) is 13.2. The van der Waals surface area contributed by atoms with Crippen LogP contribution in [-0.4, -0.2) is 16.0 Å². The molecule has 86 valence electrons. The van der Waals surface area contributed by atoms with Crippen LogP contribution in [0.3, 0.4) is 0 Å². The smallest absolute Gasteiger partial charge is 0.167 e. The van der Waals surface area contributed by atoms with Crippen LogP contribution in [0.25, 0.3) is 0 Å². The zero-order valence-corrected chi connectivity index (χ0v) is 9.13. The molecule has 0 bridgehead atoms. The lowest BCUT2D eigenvalue weighted by atomic mass is 10.0. The maximum Gasteiger partial charge on any atom is 0.167 e. The summed E-state index contributed by atoms with van der Waals surface area (Å²) in [5, 5.41) is 19.1. The Morgan fingerprint density at radius 3 is 2.06 bits per heavy atom. The van der Waals surface area contributed by atoms with Gasteiger partial charge in [-0.2, -0.15) is 0 Å². The quantitative estimate of drug-likeness (QED) is 0.793. The summed E-state index contributed by atoms with van der Waals surface area (Å²) in [7, 11) is 0. The molecule has 0 amide bonds. The van der Waals surface area contributed by atoms with Crippen molar-refractivity contribution in [1.29, 1.82) is 0 Å². The number of aromatic hydroxyl groups is 2. The SMILES string of the molecule is O=C(Cc1c(O)cccc1O)c1ccccc1. The molecule has 2 N–H and O–H groups in total. The normalized spacial score (nSPS) is 10.1. The lowest BCUT2D eigenvalue weighted by Crippen LogP contribution is -2.03. The molecule has 0 saturated carbocycles. The Morgan fingerprint density at radius 2 is 1.47 bits per heavy atom. The molecule has 0 heterocycles. The van der Waals surface area contributed by atoms with Gasteiger partial charge in [0, 0.05) is 17.5 Å². The molecule has 17 heavy (non-hydrogen) atoms. The van der Waals surface area contributed by atoms with E-state index in [9.17, 15) is 15.0 Å². The minimum absolute atomic E-state index is 0.0114. The van der Waals surface area contributed by atoms with Crippen molar-refractivity contribution in [3.63, 3.8) is 0 Å². The molecule has 0 fully saturated rings. The molecule has 2 aromatic rings. The van der Waals surface area contributed by atoms with Crippen LogP contribution >= 0.6 is 0 Å². The largest absolute Gasteiger partial charge is 0.508 e. The van der Waals surface area contributed by atoms with Crippen molar-refractivity contribution in [3.8, 4) is 11.5 Å². The number of phenolic OH excluding ortho intramolecular Hbond substituents is 2. The van der Waals surface area contributed by atoms with E-state index >= 15 is 0 Å². The number of phenols is 2. The molecule has 2 aromatic carbocycles. The highest BCUT2D eigenvalue weighted by Gasteiger charge is 2.13. The average Bonchev–Trinajstić information content (AvgIpc) is 2.35. The third kappa shape index (κ3) is 2.45. The van der Waals surface area contributed by atoms with E-state index < -0.39 is 0 Å². The van der Waals surface area contributed by atoms with E-state index in [1.54, 1.807) is 24.3 Å². The van der Waals surface area contributed by atoms with Gasteiger partial charge in [0.2, 0.25) is 0 Å². The Morgan fingerprint density at radius 1 is 0.882 bits per heavy atom. The summed E-state index contributed by atoms with van der Waals surface area (Å²) in [6.45, 7) is 0. The van der Waals surface area contributed by atoms with Crippen LogP contribution in [0.5, 0.6) is 11.5 Å². The minimum atomic E-state index is -0.137. The van der Waals surface area contributed by atoms with E-state index in [0.29, 0.717) is 5.56 Å². The highest BCUT2D eigenvalue weighted by Crippen LogP contribution is 2.27. The molecule has 2 rings (SSSR count). The van der Waals surface area contributed by atoms with Gasteiger partial charge in [-0.1, -0.05) is 36.4 Å². The molecule has 0 aromatic heterocycles. The monoisotopic (exact) mass is 228 g/mol. The minimum Gasteiger partial charge on any atom is -0.508 e. The molecule has 3 heteroatoms. The van der Waals surface area contributed by atoms with E-state index in [-0.39, 0.29) is 29.3 Å². The van der Waals surface area contributed by atoms with Gasteiger partial charge in [0.25, 0.3) is 0 Å². The fourth-order valence-electron chi connectivity index (χ4n) is 1.63. The van der Waals surface area contributed by atoms with E-state index in [2.05, 4.69) is 0 Å². The van der Waals surface area contributed by atoms with Crippen LogP contribution in [0.15, 0.2) is 48.5 Å². The third-order valence-corrected chi connectivity index (χ3v) is 2.56. The number of hydrogen-bond acceptors (Lipinski definition) is 3. The molecule has 0 spiro atoms. The number of rotatable bonds is 3. The molecular formula is C14H12O3. The van der Waals surface area contributed by atoms with Gasteiger partial charge >= 0.3 is 0 Å². The van der Waals surface area contributed by atoms with E-state index in [4.69, 9.17) is 0 Å². The van der Waals surface area contributed by atoms with Gasteiger partial charge in [-0.25, -0.2) is 0 Å². The zero-order valence-electron chi connectivity index (χ0n) is 9.13. The summed E-state index contributed by atoms with van der Waals surface area (Å²) in [5.41, 5.74) is 0.830. The number of Topliss-reactive ketones (excluding diaryl/α,β-unsaturated/α-hetero) is 1. The first-order valence-electron chi connectivity index (χ1n) is 5.26. The first-order valence-corrected chi connectivity index (χ1v) is 5.26. The van der Waals surface area contributed by atoms with Gasteiger partial charge in [0.1, 0.15) is 11.5 Å². The number of carbonyl (C=O) groups excluding carboxylic acids is 1. The summed E-state index contributed by atoms with van der Waals surface area (Å²) >= 11 is 0. The lowest BCUT2D eigenvalue weighted by molar-refractivity contribution is 0.0991. The predicted octanol–water partition coefficient (Wildman–Crippen LogP) is 2.52. The second-order valence-corrected chi connectivity index (χ2v) is 3.74. The molecule has 0 aliphatic heterocycles. The Hall–Kier alpha value is -2.29. The molecule has 3 nitrogen and oxygen atoms in total. The number of ketones is 1. The lowest BCUT2D eigenvalue weighted by Gasteiger charge is -2.06. The van der Waals surface area contributed by atoms with Crippen molar-refractivity contribution in [2.45, 2.75) is 6.42 Å². The Bertz CT molecular complexity index is 512. The van der Waals surface area contributed by atoms with Crippen molar-refractivity contribution in [3.05, 3.63) is 59.7 Å². The second-order valence-electron chi connectivity index (χ2n) is 3.74. The van der Waals surface area contributed by atoms with E-state index in [0.717, 1.165) is 0 Å². The van der Waals surface area contributed by atoms with E-state index in [1.165, 1.54) is 18.2 Å². The summed E-state index contributed by atoms with van der Waals surface area (Å²) in [6.07, 6.45) is -0.0114. The van der Waals surface area contributed by atoms with Crippen molar-refractivity contribution in [2.75, 3.05) is 0 Å². The van der Waals surface area contributed by atoms with Gasteiger partial charge in [-0.15, -0.1) is 0 Å². The van der Waals surface area contributed by atoms with Gasteiger partial charge in [-0.05, 0) is 12.1 Å². The van der Waals surface area contributed by atoms with Crippen LogP contribution in [0.4, 0.5) is 0 Å². The van der Waals surface area contributed by atoms with Crippen LogP contribution in [0.2, 0.25) is 0 Å². The fourth-order valence-corrected chi connectivity index (χ4v) is 1.63. The summed E-state index contributed by atoms with van der Waals surface area (Å²) in [4.78, 5) is 11.9. The maximum atomic E-state index is 11.9. The van der Waals surface area contributed by atoms with Crippen molar-refractivity contribution >= 4 is 5.78 Å². The number of benzene rings is 2. The van der Waals surface area contributed by atoms with E-state index in [1.807, 2.05) is 6.07 Å². The summed E-state index contributed by atoms with van der Waals surface area (Å²) in [5.74, 6) is -0.258. The number of hydrogen-bond donors (Lipinski definition) is 2. The zero-order chi connectivity index (χ0) is 12.3. The highest BCUT2D eigenvalue weighted by molar-refractivity contribution is 5.98. The molecule has 0 saturated heterocycles. The van der Waals surface area contributed by atoms with Crippen molar-refractivity contribution in [1.82, 2.24) is 0 Å². The van der Waals surface area contributed by atoms with Crippen LogP contribution in [-0.2, 0) is 6.42 Å². The summed E-state index contributed by atoms with van der Waals surface area (Å²) < 4.78 is 0. The average molecular weight is 228 g/mol. The third-order valence-electron chi connectivity index (χ3n) is 2.56. The van der Waals surface area contributed by atoms with Gasteiger partial charge < -0.3 is 10.2 Å². The second kappa shape index (κ2) is 4.70.